The zero-order chi connectivity index (χ0) is 11.7. The lowest BCUT2D eigenvalue weighted by Gasteiger charge is -2.02. The molecule has 1 aromatic heterocycles. The quantitative estimate of drug-likeness (QED) is 0.731. The molecule has 0 aliphatic heterocycles. The van der Waals surface area contributed by atoms with Gasteiger partial charge in [-0.3, -0.25) is 4.79 Å². The summed E-state index contributed by atoms with van der Waals surface area (Å²) < 4.78 is 26.3. The van der Waals surface area contributed by atoms with Gasteiger partial charge >= 0.3 is 0 Å². The van der Waals surface area contributed by atoms with Crippen molar-refractivity contribution < 1.29 is 13.6 Å². The van der Waals surface area contributed by atoms with E-state index in [4.69, 9.17) is 0 Å². The fraction of sp³-hybridized carbons (Fsp3) is 0.0833. The van der Waals surface area contributed by atoms with Crippen LogP contribution in [0.3, 0.4) is 0 Å². The van der Waals surface area contributed by atoms with Crippen molar-refractivity contribution in [3.63, 3.8) is 0 Å². The predicted octanol–water partition coefficient (Wildman–Crippen LogP) is 3.57. The smallest absolute Gasteiger partial charge is 0.197 e. The monoisotopic (exact) mass is 238 g/mol. The van der Waals surface area contributed by atoms with Gasteiger partial charge in [0.2, 0.25) is 0 Å². The molecule has 0 aliphatic rings. The first-order valence-corrected chi connectivity index (χ1v) is 5.51. The Morgan fingerprint density at radius 2 is 1.94 bits per heavy atom. The maximum absolute atomic E-state index is 13.4. The van der Waals surface area contributed by atoms with E-state index in [1.807, 2.05) is 0 Å². The Morgan fingerprint density at radius 1 is 1.19 bits per heavy atom. The summed E-state index contributed by atoms with van der Waals surface area (Å²) in [5.41, 5.74) is 0.205. The normalized spacial score (nSPS) is 10.4. The van der Waals surface area contributed by atoms with Gasteiger partial charge in [-0.2, -0.15) is 0 Å². The predicted molar refractivity (Wildman–Crippen MR) is 58.8 cm³/mol. The molecule has 0 bridgehead atoms. The highest BCUT2D eigenvalue weighted by molar-refractivity contribution is 7.10. The lowest BCUT2D eigenvalue weighted by atomic mass is 10.0. The van der Waals surface area contributed by atoms with Crippen molar-refractivity contribution in [1.29, 1.82) is 0 Å². The van der Waals surface area contributed by atoms with Crippen molar-refractivity contribution in [2.24, 2.45) is 0 Å². The number of ketones is 1. The van der Waals surface area contributed by atoms with Gasteiger partial charge in [-0.05, 0) is 36.6 Å². The summed E-state index contributed by atoms with van der Waals surface area (Å²) in [6.07, 6.45) is 0. The molecule has 1 aromatic carbocycles. The summed E-state index contributed by atoms with van der Waals surface area (Å²) in [7, 11) is 0. The van der Waals surface area contributed by atoms with Crippen LogP contribution in [0.1, 0.15) is 20.8 Å². The van der Waals surface area contributed by atoms with Crippen LogP contribution in [0.4, 0.5) is 8.78 Å². The molecule has 0 unspecified atom stereocenters. The maximum atomic E-state index is 13.4. The van der Waals surface area contributed by atoms with Crippen molar-refractivity contribution in [2.75, 3.05) is 0 Å². The van der Waals surface area contributed by atoms with Crippen LogP contribution in [0.2, 0.25) is 0 Å². The van der Waals surface area contributed by atoms with Crippen LogP contribution in [0, 0.1) is 18.6 Å². The van der Waals surface area contributed by atoms with Gasteiger partial charge in [0.1, 0.15) is 11.6 Å². The van der Waals surface area contributed by atoms with Crippen LogP contribution in [0.25, 0.3) is 0 Å². The van der Waals surface area contributed by atoms with E-state index < -0.39 is 17.4 Å². The second-order valence-corrected chi connectivity index (χ2v) is 4.46. The van der Waals surface area contributed by atoms with Crippen LogP contribution >= 0.6 is 11.3 Å². The van der Waals surface area contributed by atoms with Gasteiger partial charge in [0.05, 0.1) is 5.56 Å². The molecule has 0 fully saturated rings. The van der Waals surface area contributed by atoms with Crippen LogP contribution in [0.5, 0.6) is 0 Å². The van der Waals surface area contributed by atoms with Crippen molar-refractivity contribution in [2.45, 2.75) is 6.92 Å². The number of halogens is 2. The van der Waals surface area contributed by atoms with Crippen LogP contribution in [0.15, 0.2) is 29.6 Å². The molecule has 0 atom stereocenters. The minimum atomic E-state index is -0.697. The average Bonchev–Trinajstić information content (AvgIpc) is 2.67. The molecule has 1 heterocycles. The molecule has 1 nitrogen and oxygen atoms in total. The molecule has 0 amide bonds. The van der Waals surface area contributed by atoms with Crippen molar-refractivity contribution in [3.8, 4) is 0 Å². The number of carbonyl (C=O) groups excluding carboxylic acids is 1. The lowest BCUT2D eigenvalue weighted by Crippen LogP contribution is -2.04. The Kier molecular flexibility index (Phi) is 2.83. The molecule has 16 heavy (non-hydrogen) atoms. The van der Waals surface area contributed by atoms with Crippen LogP contribution in [-0.2, 0) is 0 Å². The van der Waals surface area contributed by atoms with Gasteiger partial charge in [-0.25, -0.2) is 8.78 Å². The summed E-state index contributed by atoms with van der Waals surface area (Å²) >= 11 is 1.40. The van der Waals surface area contributed by atoms with Gasteiger partial charge in [0.25, 0.3) is 0 Å². The molecule has 0 saturated heterocycles. The summed E-state index contributed by atoms with van der Waals surface area (Å²) in [6.45, 7) is 1.77. The third-order valence-corrected chi connectivity index (χ3v) is 3.12. The molecule has 0 spiro atoms. The van der Waals surface area contributed by atoms with E-state index in [2.05, 4.69) is 0 Å². The SMILES string of the molecule is Cc1sccc1C(=O)c1cc(F)ccc1F. The Morgan fingerprint density at radius 3 is 2.56 bits per heavy atom. The lowest BCUT2D eigenvalue weighted by molar-refractivity contribution is 0.103. The summed E-state index contributed by atoms with van der Waals surface area (Å²) in [4.78, 5) is 12.7. The number of aryl methyl sites for hydroxylation is 1. The Bertz CT molecular complexity index is 546. The van der Waals surface area contributed by atoms with E-state index in [1.165, 1.54) is 11.3 Å². The van der Waals surface area contributed by atoms with E-state index >= 15 is 0 Å². The second-order valence-electron chi connectivity index (χ2n) is 3.34. The third-order valence-electron chi connectivity index (χ3n) is 2.28. The first-order valence-electron chi connectivity index (χ1n) is 4.63. The molecule has 0 saturated carbocycles. The molecule has 0 radical (unpaired) electrons. The maximum Gasteiger partial charge on any atom is 0.197 e. The van der Waals surface area contributed by atoms with E-state index in [-0.39, 0.29) is 5.56 Å². The second kappa shape index (κ2) is 4.14. The van der Waals surface area contributed by atoms with E-state index in [1.54, 1.807) is 18.4 Å². The van der Waals surface area contributed by atoms with Crippen LogP contribution < -0.4 is 0 Å². The first-order chi connectivity index (χ1) is 7.59. The highest BCUT2D eigenvalue weighted by Crippen LogP contribution is 2.21. The molecule has 0 N–H and O–H groups in total. The topological polar surface area (TPSA) is 17.1 Å². The summed E-state index contributed by atoms with van der Waals surface area (Å²) in [5.74, 6) is -1.79. The molecular formula is C12H8F2OS. The van der Waals surface area contributed by atoms with Gasteiger partial charge in [-0.1, -0.05) is 0 Å². The first kappa shape index (κ1) is 11.0. The molecule has 4 heteroatoms. The molecular weight excluding hydrogens is 230 g/mol. The number of thiophene rings is 1. The highest BCUT2D eigenvalue weighted by atomic mass is 32.1. The molecule has 0 aliphatic carbocycles. The largest absolute Gasteiger partial charge is 0.288 e. The van der Waals surface area contributed by atoms with Crippen molar-refractivity contribution >= 4 is 17.1 Å². The standard InChI is InChI=1S/C12H8F2OS/c1-7-9(4-5-16-7)12(15)10-6-8(13)2-3-11(10)14/h2-6H,1H3. The fourth-order valence-corrected chi connectivity index (χ4v) is 2.13. The number of hydrogen-bond donors (Lipinski definition) is 0. The van der Waals surface area contributed by atoms with Gasteiger partial charge in [0, 0.05) is 10.4 Å². The zero-order valence-electron chi connectivity index (χ0n) is 8.46. The molecule has 2 rings (SSSR count). The number of hydrogen-bond acceptors (Lipinski definition) is 2. The van der Waals surface area contributed by atoms with Gasteiger partial charge in [-0.15, -0.1) is 11.3 Å². The summed E-state index contributed by atoms with van der Waals surface area (Å²) in [5, 5.41) is 1.75. The number of rotatable bonds is 2. The Labute approximate surface area is 95.4 Å². The minimum absolute atomic E-state index is 0.221. The third kappa shape index (κ3) is 1.88. The Balaban J connectivity index is 2.49. The van der Waals surface area contributed by atoms with Gasteiger partial charge < -0.3 is 0 Å². The van der Waals surface area contributed by atoms with E-state index in [0.29, 0.717) is 5.56 Å². The highest BCUT2D eigenvalue weighted by Gasteiger charge is 2.17. The van der Waals surface area contributed by atoms with Crippen LogP contribution in [-0.4, -0.2) is 5.78 Å². The van der Waals surface area contributed by atoms with Crippen molar-refractivity contribution in [3.05, 3.63) is 57.3 Å². The van der Waals surface area contributed by atoms with E-state index in [9.17, 15) is 13.6 Å². The number of benzene rings is 1. The minimum Gasteiger partial charge on any atom is -0.288 e. The number of carbonyl (C=O) groups is 1. The average molecular weight is 238 g/mol. The van der Waals surface area contributed by atoms with Crippen molar-refractivity contribution in [1.82, 2.24) is 0 Å². The Hall–Kier alpha value is -1.55. The van der Waals surface area contributed by atoms with Gasteiger partial charge in [0.15, 0.2) is 5.78 Å². The zero-order valence-corrected chi connectivity index (χ0v) is 9.28. The summed E-state index contributed by atoms with van der Waals surface area (Å²) in [6, 6.07) is 4.50. The fourth-order valence-electron chi connectivity index (χ4n) is 1.44. The van der Waals surface area contributed by atoms with E-state index in [0.717, 1.165) is 23.1 Å². The molecule has 82 valence electrons. The molecule has 2 aromatic rings.